The van der Waals surface area contributed by atoms with E-state index in [1.807, 2.05) is 38.1 Å². The highest BCUT2D eigenvalue weighted by molar-refractivity contribution is 5.95. The Labute approximate surface area is 136 Å². The molecule has 0 radical (unpaired) electrons. The van der Waals surface area contributed by atoms with Crippen molar-refractivity contribution < 1.29 is 14.3 Å². The normalized spacial score (nSPS) is 11.6. The Balaban J connectivity index is 2.09. The van der Waals surface area contributed by atoms with Gasteiger partial charge in [-0.15, -0.1) is 0 Å². The molecule has 3 N–H and O–H groups in total. The highest BCUT2D eigenvalue weighted by Crippen LogP contribution is 2.27. The minimum absolute atomic E-state index is 0.226. The molecule has 0 aliphatic carbocycles. The molecule has 23 heavy (non-hydrogen) atoms. The molecular weight excluding hydrogens is 292 g/mol. The smallest absolute Gasteiger partial charge is 0.265 e. The van der Waals surface area contributed by atoms with Gasteiger partial charge in [0, 0.05) is 11.8 Å². The van der Waals surface area contributed by atoms with Gasteiger partial charge in [0.15, 0.2) is 6.10 Å². The van der Waals surface area contributed by atoms with Crippen molar-refractivity contribution in [2.45, 2.75) is 26.4 Å². The molecule has 0 saturated heterocycles. The van der Waals surface area contributed by atoms with Crippen LogP contribution < -0.4 is 20.5 Å². The summed E-state index contributed by atoms with van der Waals surface area (Å²) in [7, 11) is 1.53. The van der Waals surface area contributed by atoms with Gasteiger partial charge >= 0.3 is 0 Å². The molecule has 0 heterocycles. The lowest BCUT2D eigenvalue weighted by Gasteiger charge is -2.18. The molecule has 1 amide bonds. The van der Waals surface area contributed by atoms with E-state index in [2.05, 4.69) is 5.32 Å². The molecule has 0 saturated carbocycles. The minimum atomic E-state index is -0.583. The first-order valence-corrected chi connectivity index (χ1v) is 7.51. The minimum Gasteiger partial charge on any atom is -0.494 e. The predicted octanol–water partition coefficient (Wildman–Crippen LogP) is 3.38. The van der Waals surface area contributed by atoms with Crippen LogP contribution in [0.4, 0.5) is 11.4 Å². The summed E-state index contributed by atoms with van der Waals surface area (Å²) in [6, 6.07) is 12.7. The van der Waals surface area contributed by atoms with Crippen molar-refractivity contribution in [1.29, 1.82) is 0 Å². The van der Waals surface area contributed by atoms with Gasteiger partial charge in [-0.2, -0.15) is 0 Å². The number of anilines is 2. The third-order valence-electron chi connectivity index (χ3n) is 3.45. The number of nitrogen functional groups attached to an aromatic ring is 1. The highest BCUT2D eigenvalue weighted by Gasteiger charge is 2.20. The number of ether oxygens (including phenoxy) is 2. The summed E-state index contributed by atoms with van der Waals surface area (Å²) >= 11 is 0. The molecule has 1 unspecified atom stereocenters. The number of hydrogen-bond acceptors (Lipinski definition) is 4. The number of amides is 1. The summed E-state index contributed by atoms with van der Waals surface area (Å²) in [5.74, 6) is 0.960. The number of hydrogen-bond donors (Lipinski definition) is 2. The zero-order valence-electron chi connectivity index (χ0n) is 13.6. The summed E-state index contributed by atoms with van der Waals surface area (Å²) in [6.07, 6.45) is -0.0308. The zero-order chi connectivity index (χ0) is 16.8. The molecule has 2 aromatic carbocycles. The Bertz CT molecular complexity index is 668. The van der Waals surface area contributed by atoms with Crippen LogP contribution in [-0.4, -0.2) is 19.1 Å². The molecule has 0 aromatic heterocycles. The van der Waals surface area contributed by atoms with E-state index in [4.69, 9.17) is 15.2 Å². The van der Waals surface area contributed by atoms with Crippen LogP contribution in [-0.2, 0) is 4.79 Å². The molecule has 0 fully saturated rings. The summed E-state index contributed by atoms with van der Waals surface area (Å²) in [5, 5.41) is 2.83. The average molecular weight is 314 g/mol. The summed E-state index contributed by atoms with van der Waals surface area (Å²) in [4.78, 5) is 12.4. The highest BCUT2D eigenvalue weighted by atomic mass is 16.5. The topological polar surface area (TPSA) is 73.6 Å². The van der Waals surface area contributed by atoms with Crippen LogP contribution in [0.3, 0.4) is 0 Å². The van der Waals surface area contributed by atoms with E-state index in [1.165, 1.54) is 7.11 Å². The van der Waals surface area contributed by atoms with E-state index >= 15 is 0 Å². The Kier molecular flexibility index (Phi) is 5.46. The molecule has 2 rings (SSSR count). The van der Waals surface area contributed by atoms with Crippen LogP contribution in [0.25, 0.3) is 0 Å². The number of nitrogens with two attached hydrogens (primary N) is 1. The number of benzene rings is 2. The number of nitrogens with one attached hydrogen (secondary N) is 1. The van der Waals surface area contributed by atoms with Gasteiger partial charge in [-0.1, -0.05) is 24.6 Å². The zero-order valence-corrected chi connectivity index (χ0v) is 13.6. The molecule has 0 aliphatic heterocycles. The van der Waals surface area contributed by atoms with Gasteiger partial charge in [-0.05, 0) is 37.6 Å². The predicted molar refractivity (Wildman–Crippen MR) is 91.9 cm³/mol. The Morgan fingerprint density at radius 2 is 1.91 bits per heavy atom. The maximum Gasteiger partial charge on any atom is 0.265 e. The van der Waals surface area contributed by atoms with Gasteiger partial charge in [-0.25, -0.2) is 0 Å². The molecule has 0 bridgehead atoms. The second kappa shape index (κ2) is 7.54. The van der Waals surface area contributed by atoms with Crippen molar-refractivity contribution in [3.8, 4) is 11.5 Å². The van der Waals surface area contributed by atoms with Crippen molar-refractivity contribution in [2.24, 2.45) is 0 Å². The van der Waals surface area contributed by atoms with Gasteiger partial charge in [-0.3, -0.25) is 4.79 Å². The van der Waals surface area contributed by atoms with E-state index in [-0.39, 0.29) is 5.91 Å². The van der Waals surface area contributed by atoms with Crippen LogP contribution in [0.1, 0.15) is 18.9 Å². The van der Waals surface area contributed by atoms with E-state index in [9.17, 15) is 4.79 Å². The molecular formula is C18H22N2O3. The molecule has 5 heteroatoms. The quantitative estimate of drug-likeness (QED) is 0.802. The lowest BCUT2D eigenvalue weighted by Crippen LogP contribution is -2.32. The maximum absolute atomic E-state index is 12.4. The molecule has 2 aromatic rings. The Morgan fingerprint density at radius 3 is 2.52 bits per heavy atom. The number of aryl methyl sites for hydroxylation is 1. The van der Waals surface area contributed by atoms with Crippen LogP contribution in [0.5, 0.6) is 11.5 Å². The van der Waals surface area contributed by atoms with Crippen molar-refractivity contribution in [3.05, 3.63) is 48.0 Å². The van der Waals surface area contributed by atoms with Crippen LogP contribution >= 0.6 is 0 Å². The Hall–Kier alpha value is -2.69. The first-order chi connectivity index (χ1) is 11.0. The number of rotatable bonds is 6. The SMILES string of the molecule is CCC(Oc1ccc(C)cc1)C(=O)Nc1ccc(N)cc1OC. The second-order valence-corrected chi connectivity index (χ2v) is 5.28. The van der Waals surface area contributed by atoms with Gasteiger partial charge in [0.05, 0.1) is 12.8 Å². The van der Waals surface area contributed by atoms with Gasteiger partial charge in [0.25, 0.3) is 5.91 Å². The standard InChI is InChI=1S/C18H22N2O3/c1-4-16(23-14-8-5-12(2)6-9-14)18(21)20-15-10-7-13(19)11-17(15)22-3/h5-11,16H,4,19H2,1-3H3,(H,20,21). The largest absolute Gasteiger partial charge is 0.494 e. The number of carbonyl (C=O) groups excluding carboxylic acids is 1. The van der Waals surface area contributed by atoms with Crippen molar-refractivity contribution in [2.75, 3.05) is 18.2 Å². The third-order valence-corrected chi connectivity index (χ3v) is 3.45. The number of carbonyl (C=O) groups is 1. The summed E-state index contributed by atoms with van der Waals surface area (Å²) in [5.41, 5.74) is 8.00. The molecule has 122 valence electrons. The maximum atomic E-state index is 12.4. The van der Waals surface area contributed by atoms with E-state index in [1.54, 1.807) is 18.2 Å². The van der Waals surface area contributed by atoms with Gasteiger partial charge < -0.3 is 20.5 Å². The molecule has 1 atom stereocenters. The van der Waals surface area contributed by atoms with Crippen LogP contribution in [0, 0.1) is 6.92 Å². The van der Waals surface area contributed by atoms with Crippen molar-refractivity contribution in [1.82, 2.24) is 0 Å². The summed E-state index contributed by atoms with van der Waals surface area (Å²) in [6.45, 7) is 3.90. The Morgan fingerprint density at radius 1 is 1.22 bits per heavy atom. The first kappa shape index (κ1) is 16.7. The molecule has 5 nitrogen and oxygen atoms in total. The fourth-order valence-electron chi connectivity index (χ4n) is 2.13. The van der Waals surface area contributed by atoms with Crippen LogP contribution in [0.15, 0.2) is 42.5 Å². The lowest BCUT2D eigenvalue weighted by molar-refractivity contribution is -0.122. The van der Waals surface area contributed by atoms with Crippen molar-refractivity contribution >= 4 is 17.3 Å². The number of methoxy groups -OCH3 is 1. The van der Waals surface area contributed by atoms with E-state index in [0.29, 0.717) is 29.3 Å². The van der Waals surface area contributed by atoms with E-state index in [0.717, 1.165) is 5.56 Å². The molecule has 0 aliphatic rings. The molecule has 0 spiro atoms. The van der Waals surface area contributed by atoms with E-state index < -0.39 is 6.10 Å². The summed E-state index contributed by atoms with van der Waals surface area (Å²) < 4.78 is 11.0. The average Bonchev–Trinajstić information content (AvgIpc) is 2.55. The van der Waals surface area contributed by atoms with Crippen LogP contribution in [0.2, 0.25) is 0 Å². The van der Waals surface area contributed by atoms with Gasteiger partial charge in [0.2, 0.25) is 0 Å². The lowest BCUT2D eigenvalue weighted by atomic mass is 10.2. The fraction of sp³-hybridized carbons (Fsp3) is 0.278. The van der Waals surface area contributed by atoms with Gasteiger partial charge in [0.1, 0.15) is 11.5 Å². The fourth-order valence-corrected chi connectivity index (χ4v) is 2.13. The third kappa shape index (κ3) is 4.39. The van der Waals surface area contributed by atoms with Crippen molar-refractivity contribution in [3.63, 3.8) is 0 Å². The second-order valence-electron chi connectivity index (χ2n) is 5.28. The first-order valence-electron chi connectivity index (χ1n) is 7.51. The monoisotopic (exact) mass is 314 g/mol.